The van der Waals surface area contributed by atoms with E-state index in [4.69, 9.17) is 16.3 Å². The van der Waals surface area contributed by atoms with Crippen molar-refractivity contribution in [3.8, 4) is 5.75 Å². The van der Waals surface area contributed by atoms with E-state index in [2.05, 4.69) is 92.7 Å². The number of urea groups is 1. The molecule has 0 aliphatic heterocycles. The third-order valence-corrected chi connectivity index (χ3v) is 10.2. The second-order valence-electron chi connectivity index (χ2n) is 15.9. The molecule has 11 heteroatoms. The fourth-order valence-corrected chi connectivity index (χ4v) is 5.52. The van der Waals surface area contributed by atoms with Crippen molar-refractivity contribution in [2.24, 2.45) is 5.41 Å². The van der Waals surface area contributed by atoms with Crippen molar-refractivity contribution in [3.05, 3.63) is 70.6 Å². The SMILES string of the molecule is CC(C)(C)c1[nH]n2c(C(C)(C)C(C)(C)NC(=O)COc3ccccc3NC(=O)Nc3cccc(C(C)(C)C(C)(C)C)c3)nnc2c1Cl. The van der Waals surface area contributed by atoms with Crippen LogP contribution in [0.3, 0.4) is 0 Å². The minimum absolute atomic E-state index is 0.0249. The summed E-state index contributed by atoms with van der Waals surface area (Å²) in [5.41, 5.74) is 1.88. The molecule has 4 aromatic rings. The highest BCUT2D eigenvalue weighted by molar-refractivity contribution is 6.34. The number of halogens is 1. The van der Waals surface area contributed by atoms with E-state index >= 15 is 0 Å². The Morgan fingerprint density at radius 3 is 2.15 bits per heavy atom. The van der Waals surface area contributed by atoms with Gasteiger partial charge in [-0.1, -0.05) is 105 Å². The van der Waals surface area contributed by atoms with Crippen LogP contribution in [-0.4, -0.2) is 43.9 Å². The number of nitrogens with zero attached hydrogens (tertiary/aromatic N) is 3. The van der Waals surface area contributed by atoms with Gasteiger partial charge in [-0.3, -0.25) is 9.89 Å². The van der Waals surface area contributed by atoms with Gasteiger partial charge >= 0.3 is 6.03 Å². The van der Waals surface area contributed by atoms with E-state index < -0.39 is 17.0 Å². The molecular weight excluding hydrogens is 614 g/mol. The van der Waals surface area contributed by atoms with Crippen LogP contribution in [0.25, 0.3) is 5.65 Å². The van der Waals surface area contributed by atoms with Crippen LogP contribution in [0.2, 0.25) is 5.02 Å². The zero-order chi connectivity index (χ0) is 35.2. The summed E-state index contributed by atoms with van der Waals surface area (Å²) in [6.07, 6.45) is 0. The zero-order valence-corrected chi connectivity index (χ0v) is 30.5. The number of rotatable bonds is 9. The van der Waals surface area contributed by atoms with Crippen LogP contribution in [0.15, 0.2) is 48.5 Å². The molecule has 0 spiro atoms. The number of anilines is 2. The third kappa shape index (κ3) is 7.27. The molecular formula is C36H50ClN7O3. The lowest BCUT2D eigenvalue weighted by Gasteiger charge is -2.40. The first-order valence-electron chi connectivity index (χ1n) is 15.9. The lowest BCUT2D eigenvalue weighted by molar-refractivity contribution is -0.125. The van der Waals surface area contributed by atoms with Crippen molar-refractivity contribution in [2.45, 2.75) is 105 Å². The number of carbonyl (C=O) groups is 2. The molecule has 0 aliphatic carbocycles. The Labute approximate surface area is 283 Å². The molecule has 0 bridgehead atoms. The number of aromatic amines is 1. The Morgan fingerprint density at radius 1 is 0.851 bits per heavy atom. The van der Waals surface area contributed by atoms with Crippen molar-refractivity contribution in [2.75, 3.05) is 17.2 Å². The van der Waals surface area contributed by atoms with E-state index in [1.807, 2.05) is 45.9 Å². The Hall–Kier alpha value is -4.05. The fraction of sp³-hybridized carbons (Fsp3) is 0.500. The van der Waals surface area contributed by atoms with Gasteiger partial charge in [0.25, 0.3) is 5.91 Å². The number of benzene rings is 2. The number of H-pyrrole nitrogens is 1. The normalized spacial score (nSPS) is 13.0. The monoisotopic (exact) mass is 663 g/mol. The number of hydrogen-bond acceptors (Lipinski definition) is 5. The molecule has 0 aliphatic rings. The number of carbonyl (C=O) groups excluding carboxylic acids is 2. The molecule has 47 heavy (non-hydrogen) atoms. The molecule has 0 atom stereocenters. The Balaban J connectivity index is 1.43. The number of nitrogens with one attached hydrogen (secondary N) is 4. The van der Waals surface area contributed by atoms with Gasteiger partial charge in [-0.15, -0.1) is 10.2 Å². The van der Waals surface area contributed by atoms with Crippen LogP contribution < -0.4 is 20.7 Å². The molecule has 254 valence electrons. The molecule has 2 aromatic carbocycles. The van der Waals surface area contributed by atoms with E-state index in [1.54, 1.807) is 28.8 Å². The van der Waals surface area contributed by atoms with Crippen molar-refractivity contribution in [1.82, 2.24) is 25.1 Å². The Bertz CT molecular complexity index is 1770. The van der Waals surface area contributed by atoms with Gasteiger partial charge in [0, 0.05) is 22.1 Å². The molecule has 4 rings (SSSR count). The van der Waals surface area contributed by atoms with Gasteiger partial charge in [-0.2, -0.15) is 0 Å². The van der Waals surface area contributed by atoms with Gasteiger partial charge in [0.1, 0.15) is 10.8 Å². The van der Waals surface area contributed by atoms with Gasteiger partial charge in [0.15, 0.2) is 18.1 Å². The van der Waals surface area contributed by atoms with Crippen LogP contribution in [-0.2, 0) is 21.0 Å². The van der Waals surface area contributed by atoms with E-state index in [-0.39, 0.29) is 28.8 Å². The quantitative estimate of drug-likeness (QED) is 0.144. The van der Waals surface area contributed by atoms with Crippen LogP contribution in [0, 0.1) is 5.41 Å². The number of hydrogen-bond donors (Lipinski definition) is 4. The summed E-state index contributed by atoms with van der Waals surface area (Å²) in [5.74, 6) is 0.665. The molecule has 10 nitrogen and oxygen atoms in total. The van der Waals surface area contributed by atoms with Crippen molar-refractivity contribution in [3.63, 3.8) is 0 Å². The van der Waals surface area contributed by atoms with Crippen LogP contribution in [0.1, 0.15) is 100 Å². The van der Waals surface area contributed by atoms with E-state index in [0.717, 1.165) is 11.3 Å². The van der Waals surface area contributed by atoms with Gasteiger partial charge in [-0.25, -0.2) is 9.31 Å². The molecule has 0 saturated heterocycles. The number of aromatic nitrogens is 4. The van der Waals surface area contributed by atoms with Crippen molar-refractivity contribution >= 4 is 40.6 Å². The summed E-state index contributed by atoms with van der Waals surface area (Å²) in [5, 5.41) is 21.6. The van der Waals surface area contributed by atoms with Gasteiger partial charge in [0.2, 0.25) is 0 Å². The fourth-order valence-electron chi connectivity index (χ4n) is 5.07. The molecule has 0 radical (unpaired) electrons. The van der Waals surface area contributed by atoms with Crippen LogP contribution >= 0.6 is 11.6 Å². The highest BCUT2D eigenvalue weighted by Crippen LogP contribution is 2.41. The topological polar surface area (TPSA) is 125 Å². The van der Waals surface area contributed by atoms with Gasteiger partial charge < -0.3 is 20.7 Å². The second-order valence-corrected chi connectivity index (χ2v) is 16.2. The first-order valence-corrected chi connectivity index (χ1v) is 16.3. The summed E-state index contributed by atoms with van der Waals surface area (Å²) in [4.78, 5) is 26.3. The highest BCUT2D eigenvalue weighted by Gasteiger charge is 2.44. The first kappa shape index (κ1) is 35.8. The van der Waals surface area contributed by atoms with Gasteiger partial charge in [0.05, 0.1) is 11.4 Å². The number of fused-ring (bicyclic) bond motifs is 1. The van der Waals surface area contributed by atoms with Crippen LogP contribution in [0.5, 0.6) is 5.75 Å². The summed E-state index contributed by atoms with van der Waals surface area (Å²) in [7, 11) is 0. The highest BCUT2D eigenvalue weighted by atomic mass is 35.5. The van der Waals surface area contributed by atoms with E-state index in [9.17, 15) is 9.59 Å². The first-order chi connectivity index (χ1) is 21.6. The van der Waals surface area contributed by atoms with E-state index in [1.165, 1.54) is 0 Å². The van der Waals surface area contributed by atoms with Crippen molar-refractivity contribution < 1.29 is 14.3 Å². The number of ether oxygens (including phenoxy) is 1. The minimum atomic E-state index is -0.774. The molecule has 2 aromatic heterocycles. The minimum Gasteiger partial charge on any atom is -0.482 e. The summed E-state index contributed by atoms with van der Waals surface area (Å²) < 4.78 is 7.71. The maximum atomic E-state index is 13.3. The maximum absolute atomic E-state index is 13.3. The third-order valence-electron chi connectivity index (χ3n) is 9.84. The predicted molar refractivity (Wildman–Crippen MR) is 190 cm³/mol. The Morgan fingerprint density at radius 2 is 1.51 bits per heavy atom. The largest absolute Gasteiger partial charge is 0.482 e. The average Bonchev–Trinajstić information content (AvgIpc) is 3.52. The average molecular weight is 664 g/mol. The molecule has 4 N–H and O–H groups in total. The summed E-state index contributed by atoms with van der Waals surface area (Å²) in [6.45, 7) is 24.8. The second kappa shape index (κ2) is 12.5. The molecule has 3 amide bonds. The molecule has 2 heterocycles. The summed E-state index contributed by atoms with van der Waals surface area (Å²) in [6, 6.07) is 14.5. The standard InChI is InChI=1S/C36H50ClN7O3/c1-32(2,3)28-27(37)29-41-42-30(44(29)43-28)35(9,10)36(11,12)40-26(45)21-47-25-19-14-13-18-24(25)39-31(46)38-23-17-15-16-22(20-23)34(7,8)33(4,5)6/h13-20,43H,21H2,1-12H3,(H,40,45)(H2,38,39,46). The molecule has 0 unspecified atom stereocenters. The molecule has 0 fully saturated rings. The summed E-state index contributed by atoms with van der Waals surface area (Å²) >= 11 is 6.65. The lowest BCUT2D eigenvalue weighted by Crippen LogP contribution is -2.57. The molecule has 0 saturated carbocycles. The van der Waals surface area contributed by atoms with Gasteiger partial charge in [-0.05, 0) is 54.5 Å². The van der Waals surface area contributed by atoms with Crippen molar-refractivity contribution in [1.29, 1.82) is 0 Å². The lowest BCUT2D eigenvalue weighted by atomic mass is 9.65. The smallest absolute Gasteiger partial charge is 0.323 e. The Kier molecular flexibility index (Phi) is 9.54. The van der Waals surface area contributed by atoms with E-state index in [0.29, 0.717) is 33.6 Å². The predicted octanol–water partition coefficient (Wildman–Crippen LogP) is 8.23. The zero-order valence-electron chi connectivity index (χ0n) is 29.8. The number of para-hydroxylation sites is 2. The number of amides is 3. The van der Waals surface area contributed by atoms with Crippen LogP contribution in [0.4, 0.5) is 16.2 Å². The maximum Gasteiger partial charge on any atom is 0.323 e.